The smallest absolute Gasteiger partial charge is 0.161 e. The number of benzene rings is 1. The van der Waals surface area contributed by atoms with E-state index in [-0.39, 0.29) is 6.10 Å². The first-order valence-corrected chi connectivity index (χ1v) is 7.33. The summed E-state index contributed by atoms with van der Waals surface area (Å²) in [5, 5.41) is 3.50. The molecule has 1 aliphatic rings. The van der Waals surface area contributed by atoms with Gasteiger partial charge in [0.25, 0.3) is 0 Å². The van der Waals surface area contributed by atoms with Crippen molar-refractivity contribution in [2.45, 2.75) is 45.4 Å². The monoisotopic (exact) mass is 279 g/mol. The molecule has 0 atom stereocenters. The highest BCUT2D eigenvalue weighted by molar-refractivity contribution is 5.43. The minimum Gasteiger partial charge on any atom is -0.493 e. The molecule has 4 nitrogen and oxygen atoms in total. The molecule has 1 aliphatic carbocycles. The van der Waals surface area contributed by atoms with Crippen LogP contribution in [0.25, 0.3) is 0 Å². The fourth-order valence-electron chi connectivity index (χ4n) is 1.93. The molecule has 2 rings (SSSR count). The highest BCUT2D eigenvalue weighted by atomic mass is 16.5. The van der Waals surface area contributed by atoms with E-state index in [1.54, 1.807) is 7.11 Å². The maximum atomic E-state index is 5.76. The van der Waals surface area contributed by atoms with Gasteiger partial charge in [0.2, 0.25) is 0 Å². The molecule has 112 valence electrons. The van der Waals surface area contributed by atoms with E-state index >= 15 is 0 Å². The minimum atomic E-state index is 0.231. The Bertz CT molecular complexity index is 416. The van der Waals surface area contributed by atoms with Crippen molar-refractivity contribution in [3.63, 3.8) is 0 Å². The van der Waals surface area contributed by atoms with E-state index in [4.69, 9.17) is 14.2 Å². The molecule has 4 heteroatoms. The highest BCUT2D eigenvalue weighted by Crippen LogP contribution is 2.28. The largest absolute Gasteiger partial charge is 0.493 e. The maximum Gasteiger partial charge on any atom is 0.161 e. The molecule has 20 heavy (non-hydrogen) atoms. The first kappa shape index (κ1) is 15.1. The summed E-state index contributed by atoms with van der Waals surface area (Å²) in [6.07, 6.45) is 2.83. The van der Waals surface area contributed by atoms with Crippen LogP contribution in [0.4, 0.5) is 0 Å². The van der Waals surface area contributed by atoms with E-state index in [1.165, 1.54) is 18.4 Å². The van der Waals surface area contributed by atoms with Gasteiger partial charge in [-0.3, -0.25) is 0 Å². The van der Waals surface area contributed by atoms with Crippen molar-refractivity contribution in [2.75, 3.05) is 20.3 Å². The van der Waals surface area contributed by atoms with Crippen LogP contribution in [0.2, 0.25) is 0 Å². The van der Waals surface area contributed by atoms with Crippen LogP contribution in [-0.4, -0.2) is 32.5 Å². The summed E-state index contributed by atoms with van der Waals surface area (Å²) in [7, 11) is 1.66. The van der Waals surface area contributed by atoms with Crippen LogP contribution in [0.3, 0.4) is 0 Å². The van der Waals surface area contributed by atoms with Crippen molar-refractivity contribution in [3.05, 3.63) is 23.8 Å². The van der Waals surface area contributed by atoms with E-state index < -0.39 is 0 Å². The Hall–Kier alpha value is -1.26. The molecule has 1 aromatic carbocycles. The molecule has 0 bridgehead atoms. The van der Waals surface area contributed by atoms with E-state index in [0.717, 1.165) is 18.0 Å². The van der Waals surface area contributed by atoms with Gasteiger partial charge in [-0.1, -0.05) is 6.07 Å². The van der Waals surface area contributed by atoms with Crippen LogP contribution in [0, 0.1) is 0 Å². The zero-order valence-electron chi connectivity index (χ0n) is 12.6. The molecule has 1 N–H and O–H groups in total. The van der Waals surface area contributed by atoms with Crippen molar-refractivity contribution in [3.8, 4) is 11.5 Å². The van der Waals surface area contributed by atoms with Crippen LogP contribution in [-0.2, 0) is 11.3 Å². The van der Waals surface area contributed by atoms with Crippen molar-refractivity contribution in [1.29, 1.82) is 0 Å². The maximum absolute atomic E-state index is 5.76. The lowest BCUT2D eigenvalue weighted by molar-refractivity contribution is 0.0546. The molecule has 1 saturated carbocycles. The van der Waals surface area contributed by atoms with Gasteiger partial charge in [-0.25, -0.2) is 0 Å². The Labute approximate surface area is 121 Å². The third-order valence-corrected chi connectivity index (χ3v) is 3.19. The Morgan fingerprint density at radius 2 is 2.00 bits per heavy atom. The molecule has 0 radical (unpaired) electrons. The average molecular weight is 279 g/mol. The molecule has 0 heterocycles. The zero-order chi connectivity index (χ0) is 14.4. The third-order valence-electron chi connectivity index (χ3n) is 3.19. The standard InChI is InChI=1S/C16H25NO3/c1-12(2)19-8-9-20-16-10-13(4-7-15(16)18-3)11-17-14-5-6-14/h4,7,10,12,14,17H,5-6,8-9,11H2,1-3H3. The first-order chi connectivity index (χ1) is 9.69. The van der Waals surface area contributed by atoms with Gasteiger partial charge in [0.1, 0.15) is 6.61 Å². The van der Waals surface area contributed by atoms with Crippen LogP contribution >= 0.6 is 0 Å². The fraction of sp³-hybridized carbons (Fsp3) is 0.625. The third kappa shape index (κ3) is 5.02. The molecule has 1 fully saturated rings. The second-order valence-corrected chi connectivity index (χ2v) is 5.41. The van der Waals surface area contributed by atoms with Crippen molar-refractivity contribution in [2.24, 2.45) is 0 Å². The van der Waals surface area contributed by atoms with Gasteiger partial charge in [-0.2, -0.15) is 0 Å². The lowest BCUT2D eigenvalue weighted by atomic mass is 10.2. The molecule has 0 unspecified atom stereocenters. The Kier molecular flexibility index (Phi) is 5.68. The Morgan fingerprint density at radius 3 is 2.65 bits per heavy atom. The summed E-state index contributed by atoms with van der Waals surface area (Å²) in [6.45, 7) is 6.04. The topological polar surface area (TPSA) is 39.7 Å². The van der Waals surface area contributed by atoms with Gasteiger partial charge >= 0.3 is 0 Å². The summed E-state index contributed by atoms with van der Waals surface area (Å²) >= 11 is 0. The van der Waals surface area contributed by atoms with Gasteiger partial charge in [0.05, 0.1) is 19.8 Å². The number of rotatable bonds is 9. The molecular weight excluding hydrogens is 254 g/mol. The molecule has 0 aliphatic heterocycles. The molecule has 0 spiro atoms. The van der Waals surface area contributed by atoms with Gasteiger partial charge in [-0.15, -0.1) is 0 Å². The zero-order valence-corrected chi connectivity index (χ0v) is 12.6. The summed E-state index contributed by atoms with van der Waals surface area (Å²) < 4.78 is 16.6. The van der Waals surface area contributed by atoms with Crippen LogP contribution in [0.15, 0.2) is 18.2 Å². The van der Waals surface area contributed by atoms with Gasteiger partial charge in [0.15, 0.2) is 11.5 Å². The van der Waals surface area contributed by atoms with Crippen LogP contribution in [0.1, 0.15) is 32.3 Å². The van der Waals surface area contributed by atoms with Crippen molar-refractivity contribution in [1.82, 2.24) is 5.32 Å². The van der Waals surface area contributed by atoms with Gasteiger partial charge in [0, 0.05) is 12.6 Å². The lowest BCUT2D eigenvalue weighted by Crippen LogP contribution is -2.15. The SMILES string of the molecule is COc1ccc(CNC2CC2)cc1OCCOC(C)C. The average Bonchev–Trinajstić information content (AvgIpc) is 3.25. The Morgan fingerprint density at radius 1 is 1.20 bits per heavy atom. The second-order valence-electron chi connectivity index (χ2n) is 5.41. The predicted octanol–water partition coefficient (Wildman–Crippen LogP) is 2.75. The van der Waals surface area contributed by atoms with Gasteiger partial charge in [-0.05, 0) is 44.4 Å². The van der Waals surface area contributed by atoms with Crippen molar-refractivity contribution < 1.29 is 14.2 Å². The number of ether oxygens (including phenoxy) is 3. The molecule has 0 saturated heterocycles. The van der Waals surface area contributed by atoms with E-state index in [1.807, 2.05) is 26.0 Å². The summed E-state index contributed by atoms with van der Waals surface area (Å²) in [5.74, 6) is 1.56. The summed E-state index contributed by atoms with van der Waals surface area (Å²) in [5.41, 5.74) is 1.22. The van der Waals surface area contributed by atoms with Crippen molar-refractivity contribution >= 4 is 0 Å². The minimum absolute atomic E-state index is 0.231. The Balaban J connectivity index is 1.87. The normalized spacial score (nSPS) is 14.6. The van der Waals surface area contributed by atoms with E-state index in [2.05, 4.69) is 11.4 Å². The number of hydrogen-bond donors (Lipinski definition) is 1. The quantitative estimate of drug-likeness (QED) is 0.706. The number of nitrogens with one attached hydrogen (secondary N) is 1. The molecule has 1 aromatic rings. The van der Waals surface area contributed by atoms with E-state index in [9.17, 15) is 0 Å². The van der Waals surface area contributed by atoms with E-state index in [0.29, 0.717) is 19.3 Å². The molecule has 0 aromatic heterocycles. The highest BCUT2D eigenvalue weighted by Gasteiger charge is 2.20. The van der Waals surface area contributed by atoms with Gasteiger partial charge < -0.3 is 19.5 Å². The molecule has 0 amide bonds. The summed E-state index contributed by atoms with van der Waals surface area (Å²) in [6, 6.07) is 6.79. The fourth-order valence-corrected chi connectivity index (χ4v) is 1.93. The van der Waals surface area contributed by atoms with Crippen LogP contribution < -0.4 is 14.8 Å². The molecular formula is C16H25NO3. The first-order valence-electron chi connectivity index (χ1n) is 7.33. The second kappa shape index (κ2) is 7.50. The lowest BCUT2D eigenvalue weighted by Gasteiger charge is -2.13. The number of methoxy groups -OCH3 is 1. The summed E-state index contributed by atoms with van der Waals surface area (Å²) in [4.78, 5) is 0. The predicted molar refractivity (Wildman–Crippen MR) is 79.4 cm³/mol. The number of hydrogen-bond acceptors (Lipinski definition) is 4. The van der Waals surface area contributed by atoms with Crippen LogP contribution in [0.5, 0.6) is 11.5 Å².